The minimum Gasteiger partial charge on any atom is -0.478 e. The molecular formula is C49H58BrN11O2S. The van der Waals surface area contributed by atoms with Crippen LogP contribution in [0.15, 0.2) is 89.7 Å². The molecule has 1 aliphatic heterocycles. The van der Waals surface area contributed by atoms with Crippen LogP contribution in [0.1, 0.15) is 78.0 Å². The summed E-state index contributed by atoms with van der Waals surface area (Å²) in [4.78, 5) is 48.6. The van der Waals surface area contributed by atoms with Gasteiger partial charge in [0, 0.05) is 57.7 Å². The Bertz CT molecular complexity index is 2730. The molecule has 0 aliphatic carbocycles. The number of carbonyl (C=O) groups is 1. The van der Waals surface area contributed by atoms with Crippen molar-refractivity contribution >= 4 is 66.6 Å². The van der Waals surface area contributed by atoms with Gasteiger partial charge >= 0.3 is 0 Å². The average molecular weight is 945 g/mol. The van der Waals surface area contributed by atoms with E-state index in [-0.39, 0.29) is 23.9 Å². The molecule has 7 aromatic rings. The second-order valence-electron chi connectivity index (χ2n) is 16.9. The number of aryl methyl sites for hydroxylation is 2. The SMILES string of the molecule is Cc1nc(NC(C)c2ccc(-c3ccccc3CN(C)C)s2)c2cc(C3CCN(C)C3=O)ncc2n1.Cc1nc(N[C@H](C)c2cccc(Br)c2)c2cc(OCCCN(C)C)ncc2n1. The van der Waals surface area contributed by atoms with Gasteiger partial charge < -0.3 is 30.1 Å². The van der Waals surface area contributed by atoms with E-state index in [1.54, 1.807) is 28.6 Å². The minimum atomic E-state index is -0.201. The number of likely N-dealkylation sites (N-methyl/N-ethyl adjacent to an activating group) is 1. The van der Waals surface area contributed by atoms with Gasteiger partial charge in [0.2, 0.25) is 11.8 Å². The van der Waals surface area contributed by atoms with Gasteiger partial charge in [-0.15, -0.1) is 11.3 Å². The molecule has 1 fully saturated rings. The number of hydrogen-bond acceptors (Lipinski definition) is 13. The van der Waals surface area contributed by atoms with Gasteiger partial charge in [-0.05, 0) is 116 Å². The van der Waals surface area contributed by atoms with Crippen molar-refractivity contribution in [3.63, 3.8) is 0 Å². The van der Waals surface area contributed by atoms with E-state index in [0.29, 0.717) is 24.1 Å². The first-order valence-corrected chi connectivity index (χ1v) is 23.3. The van der Waals surface area contributed by atoms with Crippen LogP contribution in [0.5, 0.6) is 5.88 Å². The number of carbonyl (C=O) groups excluding carboxylic acids is 1. The molecule has 2 aromatic carbocycles. The molecule has 13 nitrogen and oxygen atoms in total. The van der Waals surface area contributed by atoms with Crippen LogP contribution in [0.25, 0.3) is 32.2 Å². The Labute approximate surface area is 388 Å². The maximum Gasteiger partial charge on any atom is 0.231 e. The lowest BCUT2D eigenvalue weighted by Crippen LogP contribution is -2.22. The number of benzene rings is 2. The van der Waals surface area contributed by atoms with Crippen molar-refractivity contribution in [1.82, 2.24) is 44.6 Å². The van der Waals surface area contributed by atoms with Gasteiger partial charge in [0.25, 0.3) is 0 Å². The number of thiophene rings is 1. The number of ether oxygens (including phenoxy) is 1. The van der Waals surface area contributed by atoms with Crippen LogP contribution in [-0.4, -0.2) is 105 Å². The van der Waals surface area contributed by atoms with E-state index >= 15 is 0 Å². The maximum absolute atomic E-state index is 12.6. The Morgan fingerprint density at radius 1 is 0.828 bits per heavy atom. The highest BCUT2D eigenvalue weighted by molar-refractivity contribution is 9.10. The second-order valence-corrected chi connectivity index (χ2v) is 18.9. The first-order valence-electron chi connectivity index (χ1n) is 21.6. The Balaban J connectivity index is 0.000000198. The number of rotatable bonds is 15. The lowest BCUT2D eigenvalue weighted by Gasteiger charge is -2.17. The standard InChI is InChI=1S/C28H32N6OS.C21H26BrN5O/c1-17(25-10-11-26(36-25)20-9-7-6-8-19(20)16-33(3)4)30-27-22-14-23(21-12-13-34(5)28(21)35)29-15-24(22)31-18(2)32-27;1-14(16-7-5-8-17(22)11-16)24-21-18-12-20(28-10-6-9-27(3)4)23-13-19(18)25-15(2)26-21/h6-11,14-15,17,21H,12-13,16H2,1-5H3,(H,30,31,32);5,7-8,11-14H,6,9-10H2,1-4H3,(H,24,25,26)/t;14-/m.1/s1. The summed E-state index contributed by atoms with van der Waals surface area (Å²) in [6, 6.07) is 25.3. The number of hydrogen-bond donors (Lipinski definition) is 2. The molecule has 64 heavy (non-hydrogen) atoms. The molecule has 1 amide bonds. The molecule has 0 radical (unpaired) electrons. The van der Waals surface area contributed by atoms with Crippen molar-refractivity contribution in [1.29, 1.82) is 0 Å². The summed E-state index contributed by atoms with van der Waals surface area (Å²) in [6.07, 6.45) is 5.25. The van der Waals surface area contributed by atoms with E-state index in [0.717, 1.165) is 76.1 Å². The van der Waals surface area contributed by atoms with Gasteiger partial charge in [0.1, 0.15) is 23.3 Å². The highest BCUT2D eigenvalue weighted by atomic mass is 79.9. The van der Waals surface area contributed by atoms with Crippen molar-refractivity contribution in [3.8, 4) is 16.3 Å². The van der Waals surface area contributed by atoms with Crippen LogP contribution >= 0.6 is 27.3 Å². The summed E-state index contributed by atoms with van der Waals surface area (Å²) >= 11 is 5.34. The van der Waals surface area contributed by atoms with E-state index < -0.39 is 0 Å². The van der Waals surface area contributed by atoms with Crippen molar-refractivity contribution < 1.29 is 9.53 Å². The van der Waals surface area contributed by atoms with Crippen LogP contribution in [0.3, 0.4) is 0 Å². The molecule has 1 aliphatic rings. The predicted molar refractivity (Wildman–Crippen MR) is 263 cm³/mol. The molecule has 334 valence electrons. The van der Waals surface area contributed by atoms with Crippen LogP contribution < -0.4 is 15.4 Å². The van der Waals surface area contributed by atoms with Crippen LogP contribution in [0.4, 0.5) is 11.6 Å². The number of anilines is 2. The Kier molecular flexibility index (Phi) is 15.2. The summed E-state index contributed by atoms with van der Waals surface area (Å²) in [5.74, 6) is 3.47. The average Bonchev–Trinajstić information content (AvgIpc) is 3.89. The Morgan fingerprint density at radius 3 is 2.19 bits per heavy atom. The fourth-order valence-corrected chi connectivity index (χ4v) is 9.24. The van der Waals surface area contributed by atoms with E-state index in [1.807, 2.05) is 45.2 Å². The molecule has 0 saturated carbocycles. The number of fused-ring (bicyclic) bond motifs is 2. The number of halogens is 1. The summed E-state index contributed by atoms with van der Waals surface area (Å²) in [5.41, 5.74) is 6.14. The van der Waals surface area contributed by atoms with Gasteiger partial charge in [-0.1, -0.05) is 52.3 Å². The van der Waals surface area contributed by atoms with Crippen molar-refractivity contribution in [2.24, 2.45) is 0 Å². The van der Waals surface area contributed by atoms with Gasteiger partial charge in [0.15, 0.2) is 0 Å². The zero-order chi connectivity index (χ0) is 45.5. The zero-order valence-electron chi connectivity index (χ0n) is 38.2. The topological polar surface area (TPSA) is 137 Å². The molecule has 2 unspecified atom stereocenters. The molecule has 1 saturated heterocycles. The summed E-state index contributed by atoms with van der Waals surface area (Å²) in [7, 11) is 10.1. The summed E-state index contributed by atoms with van der Waals surface area (Å²) in [5, 5.41) is 8.94. The zero-order valence-corrected chi connectivity index (χ0v) is 40.6. The smallest absolute Gasteiger partial charge is 0.231 e. The largest absolute Gasteiger partial charge is 0.478 e. The van der Waals surface area contributed by atoms with Crippen molar-refractivity contribution in [2.45, 2.75) is 65.1 Å². The molecule has 3 atom stereocenters. The number of nitrogens with one attached hydrogen (secondary N) is 2. The summed E-state index contributed by atoms with van der Waals surface area (Å²) in [6.45, 7) is 11.3. The van der Waals surface area contributed by atoms with Gasteiger partial charge in [-0.2, -0.15) is 0 Å². The minimum absolute atomic E-state index is 0.0538. The van der Waals surface area contributed by atoms with Crippen molar-refractivity contribution in [3.05, 3.63) is 123 Å². The van der Waals surface area contributed by atoms with Crippen LogP contribution in [0.2, 0.25) is 0 Å². The molecule has 0 bridgehead atoms. The van der Waals surface area contributed by atoms with E-state index in [1.165, 1.54) is 26.4 Å². The molecule has 2 N–H and O–H groups in total. The Morgan fingerprint density at radius 2 is 1.52 bits per heavy atom. The van der Waals surface area contributed by atoms with Gasteiger partial charge in [0.05, 0.1) is 53.7 Å². The van der Waals surface area contributed by atoms with Crippen LogP contribution in [-0.2, 0) is 11.3 Å². The van der Waals surface area contributed by atoms with E-state index in [2.05, 4.69) is 152 Å². The van der Waals surface area contributed by atoms with Crippen molar-refractivity contribution in [2.75, 3.05) is 65.6 Å². The van der Waals surface area contributed by atoms with Crippen LogP contribution in [0, 0.1) is 13.8 Å². The molecule has 0 spiro atoms. The van der Waals surface area contributed by atoms with Gasteiger partial charge in [-0.3, -0.25) is 9.78 Å². The highest BCUT2D eigenvalue weighted by Gasteiger charge is 2.32. The fraction of sp³-hybridized carbons (Fsp3) is 0.367. The molecule has 15 heteroatoms. The number of amides is 1. The molecular weight excluding hydrogens is 887 g/mol. The number of pyridine rings is 2. The first-order chi connectivity index (χ1) is 30.7. The lowest BCUT2D eigenvalue weighted by molar-refractivity contribution is -0.127. The third-order valence-electron chi connectivity index (χ3n) is 11.0. The third kappa shape index (κ3) is 11.5. The summed E-state index contributed by atoms with van der Waals surface area (Å²) < 4.78 is 6.88. The number of likely N-dealkylation sites (tertiary alicyclic amines) is 1. The lowest BCUT2D eigenvalue weighted by atomic mass is 10.0. The fourth-order valence-electron chi connectivity index (χ4n) is 7.75. The van der Waals surface area contributed by atoms with E-state index in [4.69, 9.17) is 9.72 Å². The molecule has 5 aromatic heterocycles. The predicted octanol–water partition coefficient (Wildman–Crippen LogP) is 9.84. The number of aromatic nitrogens is 6. The quantitative estimate of drug-likeness (QED) is 0.0947. The normalized spacial score (nSPS) is 14.8. The molecule has 6 heterocycles. The van der Waals surface area contributed by atoms with E-state index in [9.17, 15) is 4.79 Å². The maximum atomic E-state index is 12.6. The highest BCUT2D eigenvalue weighted by Crippen LogP contribution is 2.36. The Hall–Kier alpha value is -5.61. The van der Waals surface area contributed by atoms with Gasteiger partial charge in [-0.25, -0.2) is 24.9 Å². The first kappa shape index (κ1) is 46.4. The second kappa shape index (κ2) is 20.9. The third-order valence-corrected chi connectivity index (χ3v) is 12.8. The molecule has 8 rings (SSSR count). The monoisotopic (exact) mass is 943 g/mol. The number of nitrogens with zero attached hydrogens (tertiary/aromatic N) is 9.